The first-order chi connectivity index (χ1) is 9.57. The minimum atomic E-state index is -1.18. The van der Waals surface area contributed by atoms with E-state index in [1.54, 1.807) is 0 Å². The van der Waals surface area contributed by atoms with Crippen LogP contribution in [0, 0.1) is 0 Å². The van der Waals surface area contributed by atoms with Gasteiger partial charge >= 0.3 is 5.97 Å². The fraction of sp³-hybridized carbons (Fsp3) is 0.353. The van der Waals surface area contributed by atoms with E-state index in [2.05, 4.69) is 0 Å². The van der Waals surface area contributed by atoms with Crippen molar-refractivity contribution in [3.05, 3.63) is 48.0 Å². The molecule has 0 spiro atoms. The quantitative estimate of drug-likeness (QED) is 0.846. The Morgan fingerprint density at radius 1 is 1.20 bits per heavy atom. The third-order valence-corrected chi connectivity index (χ3v) is 3.79. The Morgan fingerprint density at radius 2 is 1.90 bits per heavy atom. The highest BCUT2D eigenvalue weighted by Crippen LogP contribution is 2.24. The molecule has 3 N–H and O–H groups in total. The zero-order chi connectivity index (χ0) is 14.6. The van der Waals surface area contributed by atoms with E-state index in [1.165, 1.54) is 0 Å². The number of benzene rings is 2. The van der Waals surface area contributed by atoms with Gasteiger partial charge in [-0.05, 0) is 22.8 Å². The summed E-state index contributed by atoms with van der Waals surface area (Å²) < 4.78 is 0. The molecule has 0 amide bonds. The van der Waals surface area contributed by atoms with E-state index in [0.29, 0.717) is 12.8 Å². The molecule has 106 valence electrons. The molecule has 3 nitrogen and oxygen atoms in total. The van der Waals surface area contributed by atoms with Crippen molar-refractivity contribution >= 4 is 16.7 Å². The van der Waals surface area contributed by atoms with Crippen LogP contribution in [0.15, 0.2) is 42.5 Å². The molecule has 3 heteroatoms. The number of carboxylic acids is 1. The molecule has 1 atom stereocenters. The van der Waals surface area contributed by atoms with E-state index in [0.717, 1.165) is 29.2 Å². The van der Waals surface area contributed by atoms with Crippen LogP contribution < -0.4 is 5.73 Å². The third-order valence-electron chi connectivity index (χ3n) is 3.79. The highest BCUT2D eigenvalue weighted by molar-refractivity contribution is 5.87. The highest BCUT2D eigenvalue weighted by Gasteiger charge is 2.33. The number of carbonyl (C=O) groups is 1. The first-order valence-corrected chi connectivity index (χ1v) is 7.06. The summed E-state index contributed by atoms with van der Waals surface area (Å²) in [6, 6.07) is 14.0. The largest absolute Gasteiger partial charge is 0.480 e. The van der Waals surface area contributed by atoms with Crippen LogP contribution in [0.3, 0.4) is 0 Å². The van der Waals surface area contributed by atoms with Gasteiger partial charge in [0.1, 0.15) is 5.54 Å². The van der Waals surface area contributed by atoms with E-state index in [4.69, 9.17) is 5.73 Å². The van der Waals surface area contributed by atoms with Gasteiger partial charge in [0, 0.05) is 6.42 Å². The van der Waals surface area contributed by atoms with Gasteiger partial charge in [-0.1, -0.05) is 62.2 Å². The molecule has 0 bridgehead atoms. The van der Waals surface area contributed by atoms with Crippen molar-refractivity contribution in [3.63, 3.8) is 0 Å². The molecule has 0 aliphatic heterocycles. The zero-order valence-electron chi connectivity index (χ0n) is 11.8. The van der Waals surface area contributed by atoms with Crippen LogP contribution in [0.4, 0.5) is 0 Å². The fourth-order valence-electron chi connectivity index (χ4n) is 2.55. The summed E-state index contributed by atoms with van der Waals surface area (Å²) in [7, 11) is 0. The maximum atomic E-state index is 11.5. The van der Waals surface area contributed by atoms with Crippen LogP contribution in [-0.2, 0) is 11.2 Å². The number of rotatable bonds is 6. The molecule has 2 aromatic rings. The number of aliphatic carboxylic acids is 1. The van der Waals surface area contributed by atoms with Gasteiger partial charge < -0.3 is 10.8 Å². The van der Waals surface area contributed by atoms with Crippen molar-refractivity contribution in [1.82, 2.24) is 0 Å². The molecule has 0 aromatic heterocycles. The van der Waals surface area contributed by atoms with Gasteiger partial charge in [0.05, 0.1) is 0 Å². The minimum Gasteiger partial charge on any atom is -0.480 e. The topological polar surface area (TPSA) is 63.3 Å². The van der Waals surface area contributed by atoms with Crippen LogP contribution >= 0.6 is 0 Å². The average Bonchev–Trinajstić information content (AvgIpc) is 2.45. The Morgan fingerprint density at radius 3 is 2.60 bits per heavy atom. The van der Waals surface area contributed by atoms with Crippen LogP contribution in [0.2, 0.25) is 0 Å². The molecular weight excluding hydrogens is 250 g/mol. The molecule has 2 aromatic carbocycles. The molecule has 0 aliphatic carbocycles. The molecular formula is C17H21NO2. The molecule has 0 saturated heterocycles. The maximum absolute atomic E-state index is 11.5. The monoisotopic (exact) mass is 271 g/mol. The lowest BCUT2D eigenvalue weighted by Gasteiger charge is -2.25. The zero-order valence-corrected chi connectivity index (χ0v) is 11.8. The van der Waals surface area contributed by atoms with E-state index in [1.807, 2.05) is 49.4 Å². The van der Waals surface area contributed by atoms with Crippen molar-refractivity contribution in [2.75, 3.05) is 0 Å². The smallest absolute Gasteiger partial charge is 0.324 e. The Balaban J connectivity index is 2.36. The molecule has 0 saturated carbocycles. The van der Waals surface area contributed by atoms with E-state index >= 15 is 0 Å². The van der Waals surface area contributed by atoms with E-state index < -0.39 is 11.5 Å². The summed E-state index contributed by atoms with van der Waals surface area (Å²) in [6.45, 7) is 2.04. The van der Waals surface area contributed by atoms with Crippen molar-refractivity contribution in [1.29, 1.82) is 0 Å². The molecule has 0 unspecified atom stereocenters. The summed E-state index contributed by atoms with van der Waals surface area (Å²) in [6.07, 6.45) is 2.64. The number of hydrogen-bond acceptors (Lipinski definition) is 2. The van der Waals surface area contributed by atoms with Crippen LogP contribution in [0.5, 0.6) is 0 Å². The Kier molecular flexibility index (Phi) is 4.40. The predicted molar refractivity (Wildman–Crippen MR) is 81.7 cm³/mol. The Hall–Kier alpha value is -1.87. The molecule has 0 radical (unpaired) electrons. The van der Waals surface area contributed by atoms with Gasteiger partial charge in [-0.15, -0.1) is 0 Å². The van der Waals surface area contributed by atoms with E-state index in [-0.39, 0.29) is 0 Å². The van der Waals surface area contributed by atoms with Gasteiger partial charge in [-0.3, -0.25) is 4.79 Å². The first kappa shape index (κ1) is 14.5. The predicted octanol–water partition coefficient (Wildman–Crippen LogP) is 3.35. The standard InChI is InChI=1S/C17H21NO2/c1-2-3-11-17(18,16(19)20)12-14-9-6-8-13-7-4-5-10-15(13)14/h4-10H,2-3,11-12,18H2,1H3,(H,19,20)/t17-/m0/s1. The van der Waals surface area contributed by atoms with Crippen molar-refractivity contribution < 1.29 is 9.90 Å². The van der Waals surface area contributed by atoms with Gasteiger partial charge in [-0.25, -0.2) is 0 Å². The van der Waals surface area contributed by atoms with Gasteiger partial charge in [-0.2, -0.15) is 0 Å². The first-order valence-electron chi connectivity index (χ1n) is 7.06. The number of nitrogens with two attached hydrogens (primary N) is 1. The van der Waals surface area contributed by atoms with Crippen LogP contribution in [-0.4, -0.2) is 16.6 Å². The number of hydrogen-bond donors (Lipinski definition) is 2. The van der Waals surface area contributed by atoms with E-state index in [9.17, 15) is 9.90 Å². The second-order valence-electron chi connectivity index (χ2n) is 5.38. The normalized spacial score (nSPS) is 14.1. The highest BCUT2D eigenvalue weighted by atomic mass is 16.4. The average molecular weight is 271 g/mol. The second kappa shape index (κ2) is 6.06. The second-order valence-corrected chi connectivity index (χ2v) is 5.38. The van der Waals surface area contributed by atoms with Gasteiger partial charge in [0.2, 0.25) is 0 Å². The maximum Gasteiger partial charge on any atom is 0.324 e. The Labute approximate surface area is 119 Å². The number of fused-ring (bicyclic) bond motifs is 1. The third kappa shape index (κ3) is 2.99. The van der Waals surface area contributed by atoms with Gasteiger partial charge in [0.25, 0.3) is 0 Å². The molecule has 20 heavy (non-hydrogen) atoms. The summed E-state index contributed by atoms with van der Waals surface area (Å²) in [5, 5.41) is 11.7. The molecule has 0 heterocycles. The van der Waals surface area contributed by atoms with Crippen molar-refractivity contribution in [2.24, 2.45) is 5.73 Å². The lowest BCUT2D eigenvalue weighted by Crippen LogP contribution is -2.49. The van der Waals surface area contributed by atoms with Crippen molar-refractivity contribution in [2.45, 2.75) is 38.1 Å². The van der Waals surface area contributed by atoms with Crippen LogP contribution in [0.25, 0.3) is 10.8 Å². The van der Waals surface area contributed by atoms with Gasteiger partial charge in [0.15, 0.2) is 0 Å². The summed E-state index contributed by atoms with van der Waals surface area (Å²) in [4.78, 5) is 11.5. The molecule has 0 fully saturated rings. The summed E-state index contributed by atoms with van der Waals surface area (Å²) >= 11 is 0. The lowest BCUT2D eigenvalue weighted by molar-refractivity contribution is -0.143. The van der Waals surface area contributed by atoms with Crippen molar-refractivity contribution in [3.8, 4) is 0 Å². The van der Waals surface area contributed by atoms with Crippen LogP contribution in [0.1, 0.15) is 31.7 Å². The lowest BCUT2D eigenvalue weighted by atomic mass is 9.85. The fourth-order valence-corrected chi connectivity index (χ4v) is 2.55. The molecule has 0 aliphatic rings. The SMILES string of the molecule is CCCC[C@](N)(Cc1cccc2ccccc12)C(=O)O. The Bertz CT molecular complexity index is 603. The minimum absolute atomic E-state index is 0.365. The number of carboxylic acid groups (broad SMARTS) is 1. The number of unbranched alkanes of at least 4 members (excludes halogenated alkanes) is 1. The summed E-state index contributed by atoms with van der Waals surface area (Å²) in [5.41, 5.74) is 5.97. The summed E-state index contributed by atoms with van der Waals surface area (Å²) in [5.74, 6) is -0.918. The molecule has 2 rings (SSSR count).